The third kappa shape index (κ3) is 3.08. The van der Waals surface area contributed by atoms with Gasteiger partial charge in [0.1, 0.15) is 11.3 Å². The molecule has 0 bridgehead atoms. The van der Waals surface area contributed by atoms with E-state index in [-0.39, 0.29) is 0 Å². The highest BCUT2D eigenvalue weighted by Gasteiger charge is 2.27. The van der Waals surface area contributed by atoms with Crippen molar-refractivity contribution in [1.82, 2.24) is 9.78 Å². The number of benzene rings is 1. The molecule has 4 N–H and O–H groups in total. The summed E-state index contributed by atoms with van der Waals surface area (Å²) in [7, 11) is -0.924. The van der Waals surface area contributed by atoms with Crippen LogP contribution in [-0.2, 0) is 0 Å². The Labute approximate surface area is 152 Å². The Morgan fingerprint density at radius 2 is 2.31 bits per heavy atom. The van der Waals surface area contributed by atoms with E-state index in [1.807, 2.05) is 16.8 Å². The Balaban J connectivity index is 1.63. The van der Waals surface area contributed by atoms with E-state index in [1.165, 1.54) is 12.8 Å². The Morgan fingerprint density at radius 1 is 1.46 bits per heavy atom. The minimum absolute atomic E-state index is 0.296. The maximum atomic E-state index is 11.9. The third-order valence-electron chi connectivity index (χ3n) is 5.11. The summed E-state index contributed by atoms with van der Waals surface area (Å²) < 4.78 is 7.20. The first-order chi connectivity index (χ1) is 12.5. The molecular formula is C18H21BN4O3. The second kappa shape index (κ2) is 6.53. The second-order valence-corrected chi connectivity index (χ2v) is 6.96. The van der Waals surface area contributed by atoms with E-state index in [0.717, 1.165) is 17.7 Å². The summed E-state index contributed by atoms with van der Waals surface area (Å²) >= 11 is 0. The molecule has 4 rings (SSSR count). The molecular weight excluding hydrogens is 331 g/mol. The quantitative estimate of drug-likeness (QED) is 0.734. The minimum Gasteiger partial charge on any atom is -0.532 e. The van der Waals surface area contributed by atoms with E-state index in [1.54, 1.807) is 24.3 Å². The number of amides is 1. The van der Waals surface area contributed by atoms with Crippen LogP contribution in [-0.4, -0.2) is 27.8 Å². The molecule has 2 heterocycles. The van der Waals surface area contributed by atoms with Crippen molar-refractivity contribution in [2.24, 2.45) is 11.7 Å². The van der Waals surface area contributed by atoms with Crippen LogP contribution in [0.5, 0.6) is 5.75 Å². The van der Waals surface area contributed by atoms with Crippen LogP contribution in [0.2, 0.25) is 0 Å². The molecule has 1 fully saturated rings. The predicted octanol–water partition coefficient (Wildman–Crippen LogP) is 2.51. The zero-order valence-corrected chi connectivity index (χ0v) is 14.6. The van der Waals surface area contributed by atoms with Crippen LogP contribution in [0.3, 0.4) is 0 Å². The van der Waals surface area contributed by atoms with Gasteiger partial charge in [0.25, 0.3) is 5.91 Å². The number of fused-ring (bicyclic) bond motifs is 1. The summed E-state index contributed by atoms with van der Waals surface area (Å²) in [6.45, 7) is 2.21. The number of nitrogens with one attached hydrogen (secondary N) is 1. The summed E-state index contributed by atoms with van der Waals surface area (Å²) in [6, 6.07) is 5.75. The van der Waals surface area contributed by atoms with Crippen molar-refractivity contribution in [3.05, 3.63) is 41.5 Å². The number of hydrogen-bond acceptors (Lipinski definition) is 5. The molecule has 0 radical (unpaired) electrons. The van der Waals surface area contributed by atoms with Gasteiger partial charge >= 0.3 is 7.12 Å². The summed E-state index contributed by atoms with van der Waals surface area (Å²) in [5.41, 5.74) is 7.53. The van der Waals surface area contributed by atoms with Crippen molar-refractivity contribution in [3.63, 3.8) is 0 Å². The van der Waals surface area contributed by atoms with Crippen molar-refractivity contribution >= 4 is 30.6 Å². The monoisotopic (exact) mass is 352 g/mol. The van der Waals surface area contributed by atoms with E-state index < -0.39 is 13.0 Å². The molecule has 1 saturated carbocycles. The van der Waals surface area contributed by atoms with Gasteiger partial charge in [-0.2, -0.15) is 5.10 Å². The highest BCUT2D eigenvalue weighted by molar-refractivity contribution is 6.51. The average Bonchev–Trinajstić information content (AvgIpc) is 3.21. The fourth-order valence-electron chi connectivity index (χ4n) is 3.71. The van der Waals surface area contributed by atoms with Gasteiger partial charge in [-0.1, -0.05) is 19.4 Å². The lowest BCUT2D eigenvalue weighted by atomic mass is 9.86. The lowest BCUT2D eigenvalue weighted by molar-refractivity contribution is 0.100. The standard InChI is InChI=1S/C18H21BN4O3/c1-11-3-2-4-15(11)23-10-14(17(20)24)18(22-23)21-13-5-6-16-12(9-13)7-8-19(25)26-16/h5-11,15,25H,2-4H2,1H3,(H2,20,24)(H,21,22)/t11-,15-/m0/s1. The number of nitrogens with two attached hydrogens (primary N) is 1. The molecule has 2 aromatic rings. The van der Waals surface area contributed by atoms with Gasteiger partial charge in [0.05, 0.1) is 6.04 Å². The maximum Gasteiger partial charge on any atom is 0.552 e. The zero-order valence-electron chi connectivity index (χ0n) is 14.6. The van der Waals surface area contributed by atoms with Crippen molar-refractivity contribution in [3.8, 4) is 5.75 Å². The zero-order chi connectivity index (χ0) is 18.3. The first kappa shape index (κ1) is 16.7. The average molecular weight is 352 g/mol. The van der Waals surface area contributed by atoms with E-state index in [2.05, 4.69) is 17.3 Å². The Kier molecular flexibility index (Phi) is 4.20. The molecule has 7 nitrogen and oxygen atoms in total. The topological polar surface area (TPSA) is 102 Å². The molecule has 1 aromatic heterocycles. The van der Waals surface area contributed by atoms with Gasteiger partial charge in [-0.25, -0.2) is 0 Å². The molecule has 1 aromatic carbocycles. The lowest BCUT2D eigenvalue weighted by Gasteiger charge is -2.16. The van der Waals surface area contributed by atoms with Gasteiger partial charge in [0.15, 0.2) is 5.82 Å². The second-order valence-electron chi connectivity index (χ2n) is 6.96. The molecule has 2 atom stereocenters. The van der Waals surface area contributed by atoms with Gasteiger partial charge in [0, 0.05) is 17.4 Å². The van der Waals surface area contributed by atoms with Crippen LogP contribution in [0.15, 0.2) is 30.4 Å². The van der Waals surface area contributed by atoms with Crippen LogP contribution < -0.4 is 15.7 Å². The van der Waals surface area contributed by atoms with Gasteiger partial charge < -0.3 is 20.7 Å². The number of carbonyl (C=O) groups excluding carboxylic acids is 1. The summed E-state index contributed by atoms with van der Waals surface area (Å²) in [4.78, 5) is 11.9. The third-order valence-corrected chi connectivity index (χ3v) is 5.11. The Morgan fingerprint density at radius 3 is 3.04 bits per heavy atom. The number of rotatable bonds is 4. The molecule has 26 heavy (non-hydrogen) atoms. The summed E-state index contributed by atoms with van der Waals surface area (Å²) in [5.74, 6) is 2.65. The SMILES string of the molecule is C[C@H]1CCC[C@@H]1n1cc(C(N)=O)c(Nc2ccc3c(c2)C=CB(O)O3)n1. The molecule has 2 aliphatic rings. The molecule has 1 amide bonds. The van der Waals surface area contributed by atoms with Gasteiger partial charge in [-0.3, -0.25) is 9.48 Å². The molecule has 0 unspecified atom stereocenters. The van der Waals surface area contributed by atoms with E-state index in [0.29, 0.717) is 29.1 Å². The first-order valence-corrected chi connectivity index (χ1v) is 8.84. The number of aromatic nitrogens is 2. The van der Waals surface area contributed by atoms with Crippen molar-refractivity contribution in [2.75, 3.05) is 5.32 Å². The van der Waals surface area contributed by atoms with E-state index >= 15 is 0 Å². The summed E-state index contributed by atoms with van der Waals surface area (Å²) in [5, 5.41) is 17.3. The highest BCUT2D eigenvalue weighted by atomic mass is 16.5. The largest absolute Gasteiger partial charge is 0.552 e. The highest BCUT2D eigenvalue weighted by Crippen LogP contribution is 2.36. The molecule has 134 valence electrons. The van der Waals surface area contributed by atoms with E-state index in [9.17, 15) is 9.82 Å². The van der Waals surface area contributed by atoms with Gasteiger partial charge in [-0.05, 0) is 42.9 Å². The van der Waals surface area contributed by atoms with E-state index in [4.69, 9.17) is 10.4 Å². The normalized spacial score (nSPS) is 21.4. The fraction of sp³-hybridized carbons (Fsp3) is 0.333. The van der Waals surface area contributed by atoms with Crippen LogP contribution in [0, 0.1) is 5.92 Å². The van der Waals surface area contributed by atoms with Crippen LogP contribution in [0.25, 0.3) is 6.08 Å². The number of carbonyl (C=O) groups is 1. The number of anilines is 2. The number of primary amides is 1. The molecule has 1 aliphatic heterocycles. The Bertz CT molecular complexity index is 879. The van der Waals surface area contributed by atoms with Crippen LogP contribution in [0.4, 0.5) is 11.5 Å². The maximum absolute atomic E-state index is 11.9. The van der Waals surface area contributed by atoms with Crippen LogP contribution >= 0.6 is 0 Å². The molecule has 0 spiro atoms. The van der Waals surface area contributed by atoms with Gasteiger partial charge in [0.2, 0.25) is 0 Å². The molecule has 8 heteroatoms. The van der Waals surface area contributed by atoms with Crippen LogP contribution in [0.1, 0.15) is 48.1 Å². The first-order valence-electron chi connectivity index (χ1n) is 8.84. The van der Waals surface area contributed by atoms with Crippen molar-refractivity contribution in [2.45, 2.75) is 32.2 Å². The minimum atomic E-state index is -0.924. The summed E-state index contributed by atoms with van der Waals surface area (Å²) in [6.07, 6.45) is 6.94. The number of nitrogens with zero attached hydrogens (tertiary/aromatic N) is 2. The van der Waals surface area contributed by atoms with Crippen molar-refractivity contribution < 1.29 is 14.5 Å². The lowest BCUT2D eigenvalue weighted by Crippen LogP contribution is -2.21. The fourth-order valence-corrected chi connectivity index (χ4v) is 3.71. The number of hydrogen-bond donors (Lipinski definition) is 3. The Hall–Kier alpha value is -2.74. The predicted molar refractivity (Wildman–Crippen MR) is 100 cm³/mol. The molecule has 0 saturated heterocycles. The molecule has 1 aliphatic carbocycles. The smallest absolute Gasteiger partial charge is 0.532 e. The van der Waals surface area contributed by atoms with Crippen molar-refractivity contribution in [1.29, 1.82) is 0 Å². The van der Waals surface area contributed by atoms with Gasteiger partial charge in [-0.15, -0.1) is 0 Å².